The summed E-state index contributed by atoms with van der Waals surface area (Å²) in [5, 5.41) is 0. The van der Waals surface area contributed by atoms with Gasteiger partial charge in [-0.25, -0.2) is 4.79 Å². The largest absolute Gasteiger partial charge is 0.444 e. The highest BCUT2D eigenvalue weighted by atomic mass is 16.6. The molecule has 0 saturated carbocycles. The molecule has 0 bridgehead atoms. The maximum atomic E-state index is 12.3. The van der Waals surface area contributed by atoms with E-state index in [1.54, 1.807) is 4.90 Å². The minimum absolute atomic E-state index is 0.0413. The number of carbonyl (C=O) groups is 2. The van der Waals surface area contributed by atoms with Crippen LogP contribution in [0.3, 0.4) is 0 Å². The third kappa shape index (κ3) is 4.23. The van der Waals surface area contributed by atoms with Crippen LogP contribution < -0.4 is 0 Å². The lowest BCUT2D eigenvalue weighted by atomic mass is 10.1. The minimum atomic E-state index is -0.543. The summed E-state index contributed by atoms with van der Waals surface area (Å²) in [5.41, 5.74) is 1.77. The lowest BCUT2D eigenvalue weighted by molar-refractivity contribution is -0.136. The Labute approximate surface area is 131 Å². The van der Waals surface area contributed by atoms with Crippen molar-refractivity contribution in [1.82, 2.24) is 9.80 Å². The van der Waals surface area contributed by atoms with E-state index < -0.39 is 11.7 Å². The number of hydrogen-bond acceptors (Lipinski definition) is 3. The van der Waals surface area contributed by atoms with Gasteiger partial charge in [0, 0.05) is 19.6 Å². The van der Waals surface area contributed by atoms with E-state index in [0.717, 1.165) is 5.56 Å². The van der Waals surface area contributed by atoms with Crippen LogP contribution in [-0.2, 0) is 16.1 Å². The molecular weight excluding hydrogens is 280 g/mol. The standard InChI is InChI=1S/C17H24N2O3/c1-13-7-5-6-8-14(13)11-18-9-10-19(12-15(18)20)16(21)22-17(2,3)4/h5-8H,9-12H2,1-4H3. The third-order valence-corrected chi connectivity index (χ3v) is 3.59. The van der Waals surface area contributed by atoms with Gasteiger partial charge in [0.2, 0.25) is 5.91 Å². The fourth-order valence-corrected chi connectivity index (χ4v) is 2.35. The Balaban J connectivity index is 1.95. The maximum Gasteiger partial charge on any atom is 0.410 e. The van der Waals surface area contributed by atoms with Gasteiger partial charge >= 0.3 is 6.09 Å². The van der Waals surface area contributed by atoms with Crippen LogP contribution in [0.25, 0.3) is 0 Å². The summed E-state index contributed by atoms with van der Waals surface area (Å²) < 4.78 is 5.31. The molecule has 22 heavy (non-hydrogen) atoms. The van der Waals surface area contributed by atoms with Crippen LogP contribution in [0.1, 0.15) is 31.9 Å². The number of nitrogens with zero attached hydrogens (tertiary/aromatic N) is 2. The maximum absolute atomic E-state index is 12.3. The SMILES string of the molecule is Cc1ccccc1CN1CCN(C(=O)OC(C)(C)C)CC1=O. The van der Waals surface area contributed by atoms with Gasteiger partial charge in [0.1, 0.15) is 12.1 Å². The molecule has 0 radical (unpaired) electrons. The summed E-state index contributed by atoms with van der Waals surface area (Å²) in [5.74, 6) is -0.0413. The number of ether oxygens (including phenoxy) is 1. The number of amides is 2. The van der Waals surface area contributed by atoms with Crippen molar-refractivity contribution in [3.63, 3.8) is 0 Å². The van der Waals surface area contributed by atoms with Crippen LogP contribution in [0.15, 0.2) is 24.3 Å². The van der Waals surface area contributed by atoms with Crippen LogP contribution in [0.5, 0.6) is 0 Å². The summed E-state index contributed by atoms with van der Waals surface area (Å²) in [7, 11) is 0. The minimum Gasteiger partial charge on any atom is -0.444 e. The van der Waals surface area contributed by atoms with Crippen molar-refractivity contribution < 1.29 is 14.3 Å². The fourth-order valence-electron chi connectivity index (χ4n) is 2.35. The van der Waals surface area contributed by atoms with Crippen molar-refractivity contribution in [2.24, 2.45) is 0 Å². The predicted octanol–water partition coefficient (Wildman–Crippen LogP) is 2.57. The van der Waals surface area contributed by atoms with Crippen molar-refractivity contribution in [3.05, 3.63) is 35.4 Å². The Morgan fingerprint density at radius 1 is 1.23 bits per heavy atom. The van der Waals surface area contributed by atoms with Gasteiger partial charge in [-0.15, -0.1) is 0 Å². The van der Waals surface area contributed by atoms with E-state index in [1.807, 2.05) is 52.0 Å². The van der Waals surface area contributed by atoms with Gasteiger partial charge in [0.25, 0.3) is 0 Å². The van der Waals surface area contributed by atoms with Gasteiger partial charge in [-0.1, -0.05) is 24.3 Å². The van der Waals surface area contributed by atoms with Crippen molar-refractivity contribution >= 4 is 12.0 Å². The molecule has 2 rings (SSSR count). The molecule has 5 nitrogen and oxygen atoms in total. The molecule has 0 aliphatic carbocycles. The van der Waals surface area contributed by atoms with Crippen LogP contribution in [-0.4, -0.2) is 47.0 Å². The van der Waals surface area contributed by atoms with E-state index in [4.69, 9.17) is 4.74 Å². The van der Waals surface area contributed by atoms with Gasteiger partial charge < -0.3 is 9.64 Å². The predicted molar refractivity (Wildman–Crippen MR) is 84.4 cm³/mol. The highest BCUT2D eigenvalue weighted by molar-refractivity contribution is 5.83. The molecule has 1 fully saturated rings. The summed E-state index contributed by atoms with van der Waals surface area (Å²) in [4.78, 5) is 27.5. The molecule has 5 heteroatoms. The second kappa shape index (κ2) is 6.38. The number of piperazine rings is 1. The summed E-state index contributed by atoms with van der Waals surface area (Å²) in [6.07, 6.45) is -0.420. The van der Waals surface area contributed by atoms with Crippen molar-refractivity contribution in [2.75, 3.05) is 19.6 Å². The Bertz CT molecular complexity index is 563. The zero-order valence-corrected chi connectivity index (χ0v) is 13.8. The first-order chi connectivity index (χ1) is 10.3. The van der Waals surface area contributed by atoms with Crippen LogP contribution in [0.2, 0.25) is 0 Å². The first-order valence-electron chi connectivity index (χ1n) is 7.56. The summed E-state index contributed by atoms with van der Waals surface area (Å²) >= 11 is 0. The van der Waals surface area contributed by atoms with Crippen LogP contribution in [0.4, 0.5) is 4.79 Å². The molecule has 0 atom stereocenters. The average Bonchev–Trinajstić information content (AvgIpc) is 2.41. The van der Waals surface area contributed by atoms with E-state index in [1.165, 1.54) is 10.5 Å². The third-order valence-electron chi connectivity index (χ3n) is 3.59. The monoisotopic (exact) mass is 304 g/mol. The number of carbonyl (C=O) groups excluding carboxylic acids is 2. The molecule has 0 spiro atoms. The summed E-state index contributed by atoms with van der Waals surface area (Å²) in [6.45, 7) is 9.22. The first kappa shape index (κ1) is 16.3. The average molecular weight is 304 g/mol. The van der Waals surface area contributed by atoms with Crippen LogP contribution in [0, 0.1) is 6.92 Å². The van der Waals surface area contributed by atoms with Gasteiger partial charge in [0.05, 0.1) is 0 Å². The van der Waals surface area contributed by atoms with E-state index in [0.29, 0.717) is 19.6 Å². The van der Waals surface area contributed by atoms with Gasteiger partial charge in [-0.2, -0.15) is 0 Å². The lowest BCUT2D eigenvalue weighted by Crippen LogP contribution is -2.52. The first-order valence-corrected chi connectivity index (χ1v) is 7.56. The molecule has 1 saturated heterocycles. The van der Waals surface area contributed by atoms with Gasteiger partial charge in [0.15, 0.2) is 0 Å². The molecule has 1 aliphatic heterocycles. The highest BCUT2D eigenvalue weighted by Crippen LogP contribution is 2.15. The second-order valence-corrected chi connectivity index (χ2v) is 6.64. The topological polar surface area (TPSA) is 49.9 Å². The summed E-state index contributed by atoms with van der Waals surface area (Å²) in [6, 6.07) is 8.03. The van der Waals surface area contributed by atoms with Crippen molar-refractivity contribution in [2.45, 2.75) is 39.8 Å². The van der Waals surface area contributed by atoms with Gasteiger partial charge in [-0.05, 0) is 38.8 Å². The quantitative estimate of drug-likeness (QED) is 0.844. The number of aryl methyl sites for hydroxylation is 1. The zero-order chi connectivity index (χ0) is 16.3. The fraction of sp³-hybridized carbons (Fsp3) is 0.529. The Morgan fingerprint density at radius 2 is 1.91 bits per heavy atom. The molecule has 0 aromatic heterocycles. The Kier molecular flexibility index (Phi) is 4.74. The van der Waals surface area contributed by atoms with E-state index in [-0.39, 0.29) is 12.5 Å². The van der Waals surface area contributed by atoms with Crippen molar-refractivity contribution in [3.8, 4) is 0 Å². The molecule has 2 amide bonds. The molecule has 0 N–H and O–H groups in total. The van der Waals surface area contributed by atoms with E-state index >= 15 is 0 Å². The Morgan fingerprint density at radius 3 is 2.50 bits per heavy atom. The Hall–Kier alpha value is -2.04. The van der Waals surface area contributed by atoms with Crippen LogP contribution >= 0.6 is 0 Å². The zero-order valence-electron chi connectivity index (χ0n) is 13.8. The van der Waals surface area contributed by atoms with Gasteiger partial charge in [-0.3, -0.25) is 9.69 Å². The highest BCUT2D eigenvalue weighted by Gasteiger charge is 2.30. The molecule has 1 heterocycles. The molecule has 120 valence electrons. The molecule has 1 aliphatic rings. The molecule has 0 unspecified atom stereocenters. The van der Waals surface area contributed by atoms with E-state index in [2.05, 4.69) is 0 Å². The smallest absolute Gasteiger partial charge is 0.410 e. The number of benzene rings is 1. The number of rotatable bonds is 2. The van der Waals surface area contributed by atoms with Crippen molar-refractivity contribution in [1.29, 1.82) is 0 Å². The number of hydrogen-bond donors (Lipinski definition) is 0. The lowest BCUT2D eigenvalue weighted by Gasteiger charge is -2.35. The second-order valence-electron chi connectivity index (χ2n) is 6.64. The van der Waals surface area contributed by atoms with E-state index in [9.17, 15) is 9.59 Å². The molecule has 1 aromatic rings. The molecule has 1 aromatic carbocycles. The normalized spacial score (nSPS) is 15.9. The molecular formula is C17H24N2O3.